The van der Waals surface area contributed by atoms with Crippen molar-refractivity contribution in [2.45, 2.75) is 39.5 Å². The van der Waals surface area contributed by atoms with Crippen LogP contribution in [0.15, 0.2) is 72.8 Å². The number of benzene rings is 4. The molecule has 1 aliphatic carbocycles. The Morgan fingerprint density at radius 2 is 0.974 bits per heavy atom. The number of hydrogen-bond acceptors (Lipinski definition) is 4. The zero-order chi connectivity index (χ0) is 26.9. The molecule has 0 unspecified atom stereocenters. The van der Waals surface area contributed by atoms with Gasteiger partial charge < -0.3 is 19.7 Å². The van der Waals surface area contributed by atoms with E-state index in [4.69, 9.17) is 9.47 Å². The first-order chi connectivity index (χ1) is 18.4. The third-order valence-corrected chi connectivity index (χ3v) is 7.71. The second kappa shape index (κ2) is 10.6. The first-order valence-corrected chi connectivity index (χ1v) is 13.3. The summed E-state index contributed by atoms with van der Waals surface area (Å²) in [6, 6.07) is 26.0. The predicted molar refractivity (Wildman–Crippen MR) is 152 cm³/mol. The van der Waals surface area contributed by atoms with Crippen LogP contribution in [0.4, 0.5) is 0 Å². The van der Waals surface area contributed by atoms with Crippen LogP contribution in [0, 0.1) is 27.7 Å². The maximum absolute atomic E-state index is 9.32. The van der Waals surface area contributed by atoms with Crippen molar-refractivity contribution in [1.82, 2.24) is 0 Å². The molecular formula is C34H36O4. The van der Waals surface area contributed by atoms with Crippen molar-refractivity contribution in [1.29, 1.82) is 0 Å². The van der Waals surface area contributed by atoms with Crippen molar-refractivity contribution in [2.75, 3.05) is 26.4 Å². The molecule has 0 radical (unpaired) electrons. The van der Waals surface area contributed by atoms with Crippen LogP contribution < -0.4 is 9.47 Å². The van der Waals surface area contributed by atoms with Gasteiger partial charge in [0.05, 0.1) is 18.6 Å². The number of aryl methyl sites for hydroxylation is 4. The van der Waals surface area contributed by atoms with Gasteiger partial charge in [-0.15, -0.1) is 0 Å². The summed E-state index contributed by atoms with van der Waals surface area (Å²) in [5.74, 6) is 1.54. The van der Waals surface area contributed by atoms with Gasteiger partial charge in [-0.3, -0.25) is 0 Å². The Morgan fingerprint density at radius 3 is 1.34 bits per heavy atom. The van der Waals surface area contributed by atoms with Gasteiger partial charge in [-0.1, -0.05) is 48.5 Å². The number of hydrogen-bond donors (Lipinski definition) is 2. The van der Waals surface area contributed by atoms with Crippen LogP contribution in [0.1, 0.15) is 55.6 Å². The fourth-order valence-electron chi connectivity index (χ4n) is 6.62. The number of aliphatic hydroxyl groups excluding tert-OH is 2. The lowest BCUT2D eigenvalue weighted by Crippen LogP contribution is -2.38. The molecule has 0 amide bonds. The van der Waals surface area contributed by atoms with Gasteiger partial charge in [0.25, 0.3) is 0 Å². The van der Waals surface area contributed by atoms with Gasteiger partial charge in [0.15, 0.2) is 0 Å². The minimum absolute atomic E-state index is 0.0202. The SMILES string of the molecule is Cc1cc(OCCO)cc(C)c1C1(c2c(C)cc(OCCO)cc2C)c2ccccc2Cc2ccccc21. The maximum Gasteiger partial charge on any atom is 0.119 e. The van der Waals surface area contributed by atoms with Crippen LogP contribution in [0.2, 0.25) is 0 Å². The minimum atomic E-state index is -0.543. The van der Waals surface area contributed by atoms with Crippen LogP contribution in [-0.2, 0) is 11.8 Å². The molecule has 5 rings (SSSR count). The van der Waals surface area contributed by atoms with Crippen LogP contribution in [0.5, 0.6) is 11.5 Å². The van der Waals surface area contributed by atoms with E-state index in [2.05, 4.69) is 100 Å². The van der Waals surface area contributed by atoms with E-state index in [0.29, 0.717) is 0 Å². The number of rotatable bonds is 8. The molecule has 0 spiro atoms. The Kier molecular flexibility index (Phi) is 7.29. The van der Waals surface area contributed by atoms with Gasteiger partial charge in [-0.05, 0) is 114 Å². The lowest BCUT2D eigenvalue weighted by molar-refractivity contribution is 0.201. The lowest BCUT2D eigenvalue weighted by Gasteiger charge is -2.45. The summed E-state index contributed by atoms with van der Waals surface area (Å²) in [5, 5.41) is 18.6. The largest absolute Gasteiger partial charge is 0.491 e. The summed E-state index contributed by atoms with van der Waals surface area (Å²) in [6.07, 6.45) is 0.889. The molecule has 0 bridgehead atoms. The summed E-state index contributed by atoms with van der Waals surface area (Å²) < 4.78 is 11.7. The molecule has 38 heavy (non-hydrogen) atoms. The first kappa shape index (κ1) is 26.0. The van der Waals surface area contributed by atoms with E-state index in [1.165, 1.54) is 33.4 Å². The van der Waals surface area contributed by atoms with E-state index < -0.39 is 5.41 Å². The van der Waals surface area contributed by atoms with Gasteiger partial charge in [0.2, 0.25) is 0 Å². The van der Waals surface area contributed by atoms with Gasteiger partial charge in [0.1, 0.15) is 24.7 Å². The molecule has 0 saturated carbocycles. The van der Waals surface area contributed by atoms with Crippen LogP contribution >= 0.6 is 0 Å². The summed E-state index contributed by atoms with van der Waals surface area (Å²) in [4.78, 5) is 0. The van der Waals surface area contributed by atoms with Crippen LogP contribution in [0.3, 0.4) is 0 Å². The Morgan fingerprint density at radius 1 is 0.605 bits per heavy atom. The molecule has 1 aliphatic rings. The Bertz CT molecular complexity index is 1310. The topological polar surface area (TPSA) is 58.9 Å². The highest BCUT2D eigenvalue weighted by Gasteiger charge is 2.47. The predicted octanol–water partition coefficient (Wildman–Crippen LogP) is 5.95. The molecule has 4 aromatic rings. The average Bonchev–Trinajstić information content (AvgIpc) is 2.90. The molecule has 0 aliphatic heterocycles. The second-order valence-corrected chi connectivity index (χ2v) is 10.2. The van der Waals surface area contributed by atoms with Crippen molar-refractivity contribution < 1.29 is 19.7 Å². The van der Waals surface area contributed by atoms with Crippen LogP contribution in [-0.4, -0.2) is 36.6 Å². The highest BCUT2D eigenvalue weighted by molar-refractivity contribution is 5.72. The number of ether oxygens (including phenoxy) is 2. The fourth-order valence-corrected chi connectivity index (χ4v) is 6.62. The van der Waals surface area contributed by atoms with E-state index in [-0.39, 0.29) is 26.4 Å². The molecule has 0 fully saturated rings. The molecule has 196 valence electrons. The highest BCUT2D eigenvalue weighted by atomic mass is 16.5. The van der Waals surface area contributed by atoms with E-state index in [1.54, 1.807) is 0 Å². The van der Waals surface area contributed by atoms with E-state index in [9.17, 15) is 10.2 Å². The molecule has 0 aromatic heterocycles. The average molecular weight is 509 g/mol. The normalized spacial score (nSPS) is 13.5. The Hall–Kier alpha value is -3.60. The van der Waals surface area contributed by atoms with Crippen LogP contribution in [0.25, 0.3) is 0 Å². The zero-order valence-corrected chi connectivity index (χ0v) is 22.7. The van der Waals surface area contributed by atoms with Crippen molar-refractivity contribution in [2.24, 2.45) is 0 Å². The third-order valence-electron chi connectivity index (χ3n) is 7.71. The van der Waals surface area contributed by atoms with E-state index >= 15 is 0 Å². The Balaban J connectivity index is 1.91. The van der Waals surface area contributed by atoms with Gasteiger partial charge in [-0.2, -0.15) is 0 Å². The second-order valence-electron chi connectivity index (χ2n) is 10.2. The standard InChI is InChI=1S/C34H36O4/c1-22-17-28(37-15-13-35)18-23(2)32(22)34(33-24(3)19-29(20-25(33)4)38-16-14-36)30-11-7-5-9-26(30)21-27-10-6-8-12-31(27)34/h5-12,17-20,35-36H,13-16,21H2,1-4H3. The molecule has 0 heterocycles. The summed E-state index contributed by atoms with van der Waals surface area (Å²) in [7, 11) is 0. The summed E-state index contributed by atoms with van der Waals surface area (Å²) in [6.45, 7) is 9.16. The Labute approximate surface area is 225 Å². The minimum Gasteiger partial charge on any atom is -0.491 e. The van der Waals surface area contributed by atoms with Gasteiger partial charge >= 0.3 is 0 Å². The molecule has 4 aromatic carbocycles. The molecule has 4 nitrogen and oxygen atoms in total. The molecule has 2 N–H and O–H groups in total. The van der Waals surface area contributed by atoms with Crippen molar-refractivity contribution in [3.05, 3.63) is 128 Å². The molecule has 0 saturated heterocycles. The summed E-state index contributed by atoms with van der Waals surface area (Å²) in [5.41, 5.74) is 11.8. The van der Waals surface area contributed by atoms with E-state index in [0.717, 1.165) is 40.2 Å². The number of fused-ring (bicyclic) bond motifs is 2. The van der Waals surface area contributed by atoms with Crippen molar-refractivity contribution in [3.63, 3.8) is 0 Å². The quantitative estimate of drug-likeness (QED) is 0.272. The summed E-state index contributed by atoms with van der Waals surface area (Å²) >= 11 is 0. The van der Waals surface area contributed by atoms with Crippen molar-refractivity contribution >= 4 is 0 Å². The van der Waals surface area contributed by atoms with Crippen molar-refractivity contribution in [3.8, 4) is 11.5 Å². The smallest absolute Gasteiger partial charge is 0.119 e. The van der Waals surface area contributed by atoms with Gasteiger partial charge in [0, 0.05) is 0 Å². The lowest BCUT2D eigenvalue weighted by atomic mass is 9.56. The first-order valence-electron chi connectivity index (χ1n) is 13.3. The molecular weight excluding hydrogens is 472 g/mol. The fraction of sp³-hybridized carbons (Fsp3) is 0.294. The monoisotopic (exact) mass is 508 g/mol. The van der Waals surface area contributed by atoms with Gasteiger partial charge in [-0.25, -0.2) is 0 Å². The highest BCUT2D eigenvalue weighted by Crippen LogP contribution is 2.54. The number of aliphatic hydroxyl groups is 2. The molecule has 0 atom stereocenters. The third kappa shape index (κ3) is 4.28. The zero-order valence-electron chi connectivity index (χ0n) is 22.7. The molecule has 4 heteroatoms. The maximum atomic E-state index is 9.32. The van der Waals surface area contributed by atoms with E-state index in [1.807, 2.05) is 0 Å².